The minimum absolute atomic E-state index is 0.150. The van der Waals surface area contributed by atoms with Gasteiger partial charge in [0.25, 0.3) is 5.91 Å². The lowest BCUT2D eigenvalue weighted by Gasteiger charge is -2.34. The average Bonchev–Trinajstić information content (AvgIpc) is 2.97. The summed E-state index contributed by atoms with van der Waals surface area (Å²) in [5.41, 5.74) is 1.60. The summed E-state index contributed by atoms with van der Waals surface area (Å²) in [5.74, 6) is -0.480. The molecule has 218 valence electrons. The van der Waals surface area contributed by atoms with Gasteiger partial charge in [-0.25, -0.2) is 0 Å². The van der Waals surface area contributed by atoms with Gasteiger partial charge in [0.05, 0.1) is 19.6 Å². The van der Waals surface area contributed by atoms with Crippen molar-refractivity contribution in [1.29, 1.82) is 0 Å². The summed E-state index contributed by atoms with van der Waals surface area (Å²) in [6.07, 6.45) is 12.7. The number of nitrogens with one attached hydrogen (secondary N) is 1. The molecule has 0 radical (unpaired) electrons. The lowest BCUT2D eigenvalue weighted by molar-refractivity contribution is -0.147. The first kappa shape index (κ1) is 31.2. The van der Waals surface area contributed by atoms with E-state index in [1.54, 1.807) is 18.2 Å². The molecule has 1 saturated heterocycles. The SMILES string of the molecule is CCCCCCCCCCCCOC(=O)CC1C(=O)NCCN1C(=O)c1cccc(OCCc2ccccc2)c1. The van der Waals surface area contributed by atoms with Gasteiger partial charge in [-0.15, -0.1) is 0 Å². The molecule has 40 heavy (non-hydrogen) atoms. The third-order valence-corrected chi connectivity index (χ3v) is 7.30. The van der Waals surface area contributed by atoms with E-state index in [-0.39, 0.29) is 18.2 Å². The van der Waals surface area contributed by atoms with Crippen LogP contribution in [0.3, 0.4) is 0 Å². The Hall–Kier alpha value is -3.35. The van der Waals surface area contributed by atoms with Crippen LogP contribution in [0, 0.1) is 0 Å². The van der Waals surface area contributed by atoms with E-state index in [9.17, 15) is 14.4 Å². The van der Waals surface area contributed by atoms with Gasteiger partial charge in [0, 0.05) is 25.1 Å². The topological polar surface area (TPSA) is 84.9 Å². The highest BCUT2D eigenvalue weighted by atomic mass is 16.5. The molecule has 0 bridgehead atoms. The molecule has 1 fully saturated rings. The van der Waals surface area contributed by atoms with Crippen molar-refractivity contribution in [3.63, 3.8) is 0 Å². The number of benzene rings is 2. The standard InChI is InChI=1S/C33H46N2O5/c1-2-3-4-5-6-7-8-9-10-14-23-40-31(36)26-30-32(37)34-21-22-35(30)33(38)28-18-15-19-29(25-28)39-24-20-27-16-12-11-13-17-27/h11-13,15-19,25,30H,2-10,14,20-24,26H2,1H3,(H,34,37). The Labute approximate surface area is 239 Å². The van der Waals surface area contributed by atoms with Crippen molar-refractivity contribution in [3.05, 3.63) is 65.7 Å². The molecule has 2 amide bonds. The van der Waals surface area contributed by atoms with Crippen LogP contribution >= 0.6 is 0 Å². The quantitative estimate of drug-likeness (QED) is 0.179. The van der Waals surface area contributed by atoms with Crippen molar-refractivity contribution >= 4 is 17.8 Å². The van der Waals surface area contributed by atoms with Gasteiger partial charge in [-0.3, -0.25) is 14.4 Å². The highest BCUT2D eigenvalue weighted by Gasteiger charge is 2.35. The average molecular weight is 551 g/mol. The van der Waals surface area contributed by atoms with Gasteiger partial charge >= 0.3 is 5.97 Å². The predicted octanol–water partition coefficient (Wildman–Crippen LogP) is 6.10. The molecule has 1 atom stereocenters. The fourth-order valence-electron chi connectivity index (χ4n) is 4.97. The van der Waals surface area contributed by atoms with E-state index >= 15 is 0 Å². The van der Waals surface area contributed by atoms with Crippen LogP contribution in [0.2, 0.25) is 0 Å². The minimum atomic E-state index is -0.885. The van der Waals surface area contributed by atoms with Crippen LogP contribution < -0.4 is 10.1 Å². The molecule has 0 saturated carbocycles. The highest BCUT2D eigenvalue weighted by Crippen LogP contribution is 2.19. The van der Waals surface area contributed by atoms with Crippen molar-refractivity contribution in [1.82, 2.24) is 10.2 Å². The fourth-order valence-corrected chi connectivity index (χ4v) is 4.97. The van der Waals surface area contributed by atoms with Crippen molar-refractivity contribution < 1.29 is 23.9 Å². The van der Waals surface area contributed by atoms with Gasteiger partial charge in [-0.1, -0.05) is 101 Å². The zero-order chi connectivity index (χ0) is 28.4. The maximum atomic E-state index is 13.4. The zero-order valence-electron chi connectivity index (χ0n) is 24.1. The van der Waals surface area contributed by atoms with Crippen molar-refractivity contribution in [2.75, 3.05) is 26.3 Å². The third-order valence-electron chi connectivity index (χ3n) is 7.30. The fraction of sp³-hybridized carbons (Fsp3) is 0.545. The number of carbonyl (C=O) groups excluding carboxylic acids is 3. The molecule has 1 heterocycles. The van der Waals surface area contributed by atoms with E-state index in [1.165, 1.54) is 55.4 Å². The number of unbranched alkanes of at least 4 members (excludes halogenated alkanes) is 9. The number of carbonyl (C=O) groups is 3. The van der Waals surface area contributed by atoms with Crippen molar-refractivity contribution in [3.8, 4) is 5.75 Å². The number of hydrogen-bond acceptors (Lipinski definition) is 5. The van der Waals surface area contributed by atoms with Crippen molar-refractivity contribution in [2.45, 2.75) is 90.0 Å². The Kier molecular flexibility index (Phi) is 14.1. The number of ether oxygens (including phenoxy) is 2. The Morgan fingerprint density at radius 3 is 2.30 bits per heavy atom. The van der Waals surface area contributed by atoms with Crippen LogP contribution in [0.4, 0.5) is 0 Å². The second kappa shape index (κ2) is 18.1. The Morgan fingerprint density at radius 1 is 0.875 bits per heavy atom. The van der Waals surface area contributed by atoms with Gasteiger partial charge in [0.2, 0.25) is 5.91 Å². The van der Waals surface area contributed by atoms with Crippen LogP contribution in [0.1, 0.15) is 93.5 Å². The summed E-state index contributed by atoms with van der Waals surface area (Å²) in [4.78, 5) is 40.0. The molecule has 1 aliphatic heterocycles. The molecular weight excluding hydrogens is 504 g/mol. The molecule has 7 heteroatoms. The van der Waals surface area contributed by atoms with Crippen LogP contribution in [0.15, 0.2) is 54.6 Å². The highest BCUT2D eigenvalue weighted by molar-refractivity contribution is 5.99. The number of esters is 1. The molecule has 2 aromatic carbocycles. The molecule has 2 aromatic rings. The van der Waals surface area contributed by atoms with Gasteiger partial charge in [-0.2, -0.15) is 0 Å². The maximum Gasteiger partial charge on any atom is 0.308 e. The van der Waals surface area contributed by atoms with Gasteiger partial charge < -0.3 is 19.7 Å². The Morgan fingerprint density at radius 2 is 1.57 bits per heavy atom. The second-order valence-corrected chi connectivity index (χ2v) is 10.5. The first-order valence-electron chi connectivity index (χ1n) is 15.1. The summed E-state index contributed by atoms with van der Waals surface area (Å²) in [5, 5.41) is 2.78. The van der Waals surface area contributed by atoms with E-state index in [2.05, 4.69) is 12.2 Å². The number of hydrogen-bond donors (Lipinski definition) is 1. The van der Waals surface area contributed by atoms with E-state index in [0.29, 0.717) is 37.6 Å². The summed E-state index contributed by atoms with van der Waals surface area (Å²) in [6, 6.07) is 16.2. The first-order valence-corrected chi connectivity index (χ1v) is 15.1. The lowest BCUT2D eigenvalue weighted by Crippen LogP contribution is -2.57. The van der Waals surface area contributed by atoms with E-state index in [0.717, 1.165) is 25.7 Å². The molecule has 1 N–H and O–H groups in total. The summed E-state index contributed by atoms with van der Waals surface area (Å²) in [7, 11) is 0. The Balaban J connectivity index is 1.41. The predicted molar refractivity (Wildman–Crippen MR) is 157 cm³/mol. The van der Waals surface area contributed by atoms with Crippen LogP contribution in [0.25, 0.3) is 0 Å². The summed E-state index contributed by atoms with van der Waals surface area (Å²) in [6.45, 7) is 3.75. The molecule has 0 spiro atoms. The van der Waals surface area contributed by atoms with E-state index in [1.807, 2.05) is 36.4 Å². The smallest absolute Gasteiger partial charge is 0.308 e. The van der Waals surface area contributed by atoms with E-state index < -0.39 is 12.0 Å². The van der Waals surface area contributed by atoms with E-state index in [4.69, 9.17) is 9.47 Å². The summed E-state index contributed by atoms with van der Waals surface area (Å²) >= 11 is 0. The molecule has 3 rings (SSSR count). The van der Waals surface area contributed by atoms with Gasteiger partial charge in [0.15, 0.2) is 0 Å². The van der Waals surface area contributed by atoms with Gasteiger partial charge in [-0.05, 0) is 30.2 Å². The van der Waals surface area contributed by atoms with Crippen LogP contribution in [-0.2, 0) is 20.7 Å². The molecule has 0 aliphatic carbocycles. The maximum absolute atomic E-state index is 13.4. The van der Waals surface area contributed by atoms with Crippen LogP contribution in [-0.4, -0.2) is 55.0 Å². The first-order chi connectivity index (χ1) is 19.6. The number of rotatable bonds is 18. The molecule has 0 aromatic heterocycles. The third kappa shape index (κ3) is 11.0. The van der Waals surface area contributed by atoms with Crippen LogP contribution in [0.5, 0.6) is 5.75 Å². The number of amides is 2. The van der Waals surface area contributed by atoms with Crippen molar-refractivity contribution in [2.24, 2.45) is 0 Å². The zero-order valence-corrected chi connectivity index (χ0v) is 24.1. The number of piperazine rings is 1. The molecule has 1 aliphatic rings. The normalized spacial score (nSPS) is 15.0. The van der Waals surface area contributed by atoms with Gasteiger partial charge in [0.1, 0.15) is 11.8 Å². The Bertz CT molecular complexity index is 1040. The molecule has 1 unspecified atom stereocenters. The summed E-state index contributed by atoms with van der Waals surface area (Å²) < 4.78 is 11.3. The lowest BCUT2D eigenvalue weighted by atomic mass is 10.1. The minimum Gasteiger partial charge on any atom is -0.493 e. The molecule has 7 nitrogen and oxygen atoms in total. The molecular formula is C33H46N2O5. The number of nitrogens with zero attached hydrogens (tertiary/aromatic N) is 1. The monoisotopic (exact) mass is 550 g/mol. The second-order valence-electron chi connectivity index (χ2n) is 10.5. The largest absolute Gasteiger partial charge is 0.493 e.